The van der Waals surface area contributed by atoms with Gasteiger partial charge in [0.25, 0.3) is 0 Å². The van der Waals surface area contributed by atoms with Gasteiger partial charge in [-0.1, -0.05) is 0 Å². The van der Waals surface area contributed by atoms with Gasteiger partial charge in [-0.2, -0.15) is 39.5 Å². The molecule has 0 aliphatic rings. The van der Waals surface area contributed by atoms with Crippen LogP contribution >= 0.6 is 0 Å². The summed E-state index contributed by atoms with van der Waals surface area (Å²) in [5.74, 6) is 1.48. The molecular weight excluding hydrogens is 338 g/mol. The fraction of sp³-hybridized carbons (Fsp3) is 0.333. The largest absolute Gasteiger partial charge is 0.890 e. The van der Waals surface area contributed by atoms with Crippen molar-refractivity contribution in [2.45, 2.75) is 18.5 Å². The van der Waals surface area contributed by atoms with E-state index in [-0.39, 0.29) is 0 Å². The maximum absolute atomic E-state index is 11.6. The van der Waals surface area contributed by atoms with Crippen molar-refractivity contribution < 1.29 is 53.5 Å². The van der Waals surface area contributed by atoms with Crippen LogP contribution in [-0.2, 0) is 14.0 Å². The molecule has 0 aromatic rings. The van der Waals surface area contributed by atoms with Gasteiger partial charge in [-0.3, -0.25) is 0 Å². The summed E-state index contributed by atoms with van der Waals surface area (Å²) in [6, 6.07) is 0. The summed E-state index contributed by atoms with van der Waals surface area (Å²) in [6.45, 7) is 0. The van der Waals surface area contributed by atoms with Crippen molar-refractivity contribution in [2.24, 2.45) is 0 Å². The zero-order chi connectivity index (χ0) is 17.4. The monoisotopic (exact) mass is 338 g/mol. The number of hydrogen-bond donors (Lipinski definition) is 0. The van der Waals surface area contributed by atoms with Crippen molar-refractivity contribution in [3.63, 3.8) is 0 Å². The van der Waals surface area contributed by atoms with Crippen LogP contribution in [-0.4, -0.2) is 25.9 Å². The second kappa shape index (κ2) is 7.50. The fourth-order valence-electron chi connectivity index (χ4n) is 0.478. The van der Waals surface area contributed by atoms with Crippen molar-refractivity contribution in [2.75, 3.05) is 0 Å². The Hall–Kier alpha value is -2.49. The zero-order valence-corrected chi connectivity index (χ0v) is 9.70. The average molecular weight is 338 g/mol. The van der Waals surface area contributed by atoms with E-state index in [0.29, 0.717) is 17.8 Å². The molecule has 0 aliphatic carbocycles. The minimum atomic E-state index is -5.03. The Balaban J connectivity index is 4.85. The predicted molar refractivity (Wildman–Crippen MR) is 50.5 cm³/mol. The summed E-state index contributed by atoms with van der Waals surface area (Å²) < 4.78 is 116. The van der Waals surface area contributed by atoms with Gasteiger partial charge in [0.15, 0.2) is 0 Å². The first-order chi connectivity index (χ1) is 9.79. The summed E-state index contributed by atoms with van der Waals surface area (Å²) in [5, 5.41) is 0. The molecule has 0 fully saturated rings. The highest BCUT2D eigenvalue weighted by Crippen LogP contribution is 2.13. The molecule has 0 aromatic heterocycles. The van der Waals surface area contributed by atoms with Crippen LogP contribution in [0.1, 0.15) is 0 Å². The maximum Gasteiger partial charge on any atom is 0.890 e. The molecule has 0 rings (SSSR count). The zero-order valence-electron chi connectivity index (χ0n) is 9.70. The Morgan fingerprint density at radius 3 is 0.909 bits per heavy atom. The quantitative estimate of drug-likeness (QED) is 0.450. The minimum absolute atomic E-state index is 0.493. The molecule has 0 spiro atoms. The molecule has 0 aromatic carbocycles. The highest BCUT2D eigenvalue weighted by atomic mass is 19.4. The summed E-state index contributed by atoms with van der Waals surface area (Å²) >= 11 is 0. The molecule has 0 N–H and O–H groups in total. The Labute approximate surface area is 116 Å². The average Bonchev–Trinajstić information content (AvgIpc) is 2.23. The van der Waals surface area contributed by atoms with Crippen molar-refractivity contribution >= 4 is 7.32 Å². The van der Waals surface area contributed by atoms with Gasteiger partial charge in [0.2, 0.25) is 0 Å². The molecule has 0 aliphatic heterocycles. The first-order valence-corrected chi connectivity index (χ1v) is 4.52. The van der Waals surface area contributed by atoms with Gasteiger partial charge in [0.05, 0.1) is 17.8 Å². The maximum atomic E-state index is 11.6. The van der Waals surface area contributed by atoms with Gasteiger partial charge in [0.1, 0.15) is 18.3 Å². The van der Waals surface area contributed by atoms with E-state index in [4.69, 9.17) is 0 Å². The molecule has 0 saturated heterocycles. The van der Waals surface area contributed by atoms with E-state index in [9.17, 15) is 39.5 Å². The highest BCUT2D eigenvalue weighted by Gasteiger charge is 2.31. The van der Waals surface area contributed by atoms with Gasteiger partial charge in [-0.25, -0.2) is 0 Å². The van der Waals surface area contributed by atoms with Crippen molar-refractivity contribution in [1.29, 1.82) is 0 Å². The second-order valence-corrected chi connectivity index (χ2v) is 2.82. The molecule has 0 atom stereocenters. The molecule has 13 heteroatoms. The van der Waals surface area contributed by atoms with Gasteiger partial charge in [-0.15, -0.1) is 0 Å². The lowest BCUT2D eigenvalue weighted by Crippen LogP contribution is -2.22. The normalized spacial score (nSPS) is 10.8. The van der Waals surface area contributed by atoms with Crippen LogP contribution < -0.4 is 0 Å². The molecule has 0 radical (unpaired) electrons. The fourth-order valence-corrected chi connectivity index (χ4v) is 0.478. The first-order valence-electron chi connectivity index (χ1n) is 4.52. The van der Waals surface area contributed by atoms with Crippen molar-refractivity contribution in [3.05, 3.63) is 0 Å². The second-order valence-electron chi connectivity index (χ2n) is 2.82. The van der Waals surface area contributed by atoms with Crippen LogP contribution in [0.3, 0.4) is 0 Å². The summed E-state index contributed by atoms with van der Waals surface area (Å²) in [6.07, 6.45) is -12.4. The van der Waals surface area contributed by atoms with E-state index in [1.807, 2.05) is 0 Å². The number of alkyl halides is 9. The SMILES string of the molecule is FC(F)(F)C#COB(OC#CC(F)(F)F)OC#CC(F)(F)F. The Kier molecular flexibility index (Phi) is 6.65. The number of halogens is 9. The van der Waals surface area contributed by atoms with Gasteiger partial charge in [-0.05, 0) is 0 Å². The Morgan fingerprint density at radius 1 is 0.500 bits per heavy atom. The summed E-state index contributed by atoms with van der Waals surface area (Å²) in [5.41, 5.74) is 0. The van der Waals surface area contributed by atoms with Crippen LogP contribution in [0.15, 0.2) is 0 Å². The lowest BCUT2D eigenvalue weighted by molar-refractivity contribution is -0.0709. The Morgan fingerprint density at radius 2 is 0.727 bits per heavy atom. The molecule has 0 unspecified atom stereocenters. The molecule has 0 heterocycles. The first kappa shape index (κ1) is 19.5. The third-order valence-corrected chi connectivity index (χ3v) is 1.04. The Bertz CT molecular complexity index is 463. The highest BCUT2D eigenvalue weighted by molar-refractivity contribution is 6.37. The molecular formula is C9BF9O3. The van der Waals surface area contributed by atoms with E-state index >= 15 is 0 Å². The van der Waals surface area contributed by atoms with Crippen molar-refractivity contribution in [3.8, 4) is 36.1 Å². The smallest absolute Gasteiger partial charge is 0.438 e. The molecule has 22 heavy (non-hydrogen) atoms. The van der Waals surface area contributed by atoms with Gasteiger partial charge >= 0.3 is 25.9 Å². The third-order valence-electron chi connectivity index (χ3n) is 1.04. The lowest BCUT2D eigenvalue weighted by Gasteiger charge is -2.03. The van der Waals surface area contributed by atoms with E-state index in [1.54, 1.807) is 0 Å². The summed E-state index contributed by atoms with van der Waals surface area (Å²) in [7, 11) is -2.56. The topological polar surface area (TPSA) is 27.7 Å². The lowest BCUT2D eigenvalue weighted by atomic mass is 10.2. The van der Waals surface area contributed by atoms with Gasteiger partial charge < -0.3 is 14.0 Å². The van der Waals surface area contributed by atoms with Crippen LogP contribution in [0.2, 0.25) is 0 Å². The van der Waals surface area contributed by atoms with Crippen molar-refractivity contribution in [1.82, 2.24) is 0 Å². The van der Waals surface area contributed by atoms with E-state index in [1.165, 1.54) is 0 Å². The molecule has 0 amide bonds. The minimum Gasteiger partial charge on any atom is -0.438 e. The number of rotatable bonds is 3. The third kappa shape index (κ3) is 13.9. The molecule has 0 bridgehead atoms. The van der Waals surface area contributed by atoms with E-state index in [2.05, 4.69) is 14.0 Å². The van der Waals surface area contributed by atoms with Gasteiger partial charge in [0, 0.05) is 0 Å². The van der Waals surface area contributed by atoms with Crippen LogP contribution in [0.4, 0.5) is 39.5 Å². The predicted octanol–water partition coefficient (Wildman–Crippen LogP) is 2.59. The van der Waals surface area contributed by atoms with Crippen LogP contribution in [0.5, 0.6) is 0 Å². The number of hydrogen-bond acceptors (Lipinski definition) is 3. The van der Waals surface area contributed by atoms with E-state index in [0.717, 1.165) is 18.3 Å². The molecule has 120 valence electrons. The van der Waals surface area contributed by atoms with Crippen LogP contribution in [0.25, 0.3) is 0 Å². The standard InChI is InChI=1S/C9BF9O3/c11-7(12,13)1-4-20-10(21-5-2-8(14,15)16)22-6-3-9(17,18)19. The van der Waals surface area contributed by atoms with Crippen LogP contribution in [0, 0.1) is 36.1 Å². The molecule has 3 nitrogen and oxygen atoms in total. The molecule has 0 saturated carbocycles. The van der Waals surface area contributed by atoms with E-state index < -0.39 is 25.9 Å². The summed E-state index contributed by atoms with van der Waals surface area (Å²) in [4.78, 5) is 0.